The Bertz CT molecular complexity index is 982. The van der Waals surface area contributed by atoms with E-state index in [9.17, 15) is 9.90 Å². The van der Waals surface area contributed by atoms with Crippen LogP contribution in [0.5, 0.6) is 5.75 Å². The topological polar surface area (TPSA) is 65.0 Å². The Morgan fingerprint density at radius 1 is 1.27 bits per heavy atom. The molecule has 1 aromatic carbocycles. The molecule has 0 unspecified atom stereocenters. The van der Waals surface area contributed by atoms with Crippen LogP contribution < -0.4 is 4.74 Å². The Labute approximate surface area is 225 Å². The average molecular weight is 527 g/mol. The summed E-state index contributed by atoms with van der Waals surface area (Å²) in [5.74, 6) is 4.67. The molecule has 0 aliphatic heterocycles. The van der Waals surface area contributed by atoms with E-state index in [0.29, 0.717) is 30.4 Å². The van der Waals surface area contributed by atoms with Crippen molar-refractivity contribution in [1.29, 1.82) is 0 Å². The molecule has 0 saturated carbocycles. The molecule has 2 rings (SSSR count). The minimum absolute atomic E-state index is 0.0818. The number of ether oxygens (including phenoxy) is 2. The summed E-state index contributed by atoms with van der Waals surface area (Å²) in [5.41, 5.74) is 1.78. The van der Waals surface area contributed by atoms with Gasteiger partial charge < -0.3 is 19.0 Å². The van der Waals surface area contributed by atoms with Gasteiger partial charge in [-0.05, 0) is 87.7 Å². The van der Waals surface area contributed by atoms with Gasteiger partial charge in [0, 0.05) is 5.57 Å². The number of aliphatic hydroxyl groups is 1. The number of carbonyl (C=O) groups excluding carboxylic acids is 1. The molecule has 0 radical (unpaired) electrons. The van der Waals surface area contributed by atoms with Crippen molar-refractivity contribution in [3.8, 4) is 18.1 Å². The molecule has 6 heteroatoms. The summed E-state index contributed by atoms with van der Waals surface area (Å²) < 4.78 is 18.5. The van der Waals surface area contributed by atoms with Gasteiger partial charge in [-0.15, -0.1) is 6.42 Å². The lowest BCUT2D eigenvalue weighted by Gasteiger charge is -2.44. The molecule has 0 saturated heterocycles. The van der Waals surface area contributed by atoms with Gasteiger partial charge in [0.25, 0.3) is 0 Å². The SMILES string of the molecule is C#C[C@](C)(O[Si](C)(C)C)[C@H](C[C@H]1C(C)=CC[C@H](C(C)C)[C@H]1/C=C(/C=O)CO)OCc1ccc(OC)cc1. The highest BCUT2D eigenvalue weighted by Crippen LogP contribution is 2.44. The van der Waals surface area contributed by atoms with Crippen molar-refractivity contribution in [3.05, 3.63) is 53.1 Å². The summed E-state index contributed by atoms with van der Waals surface area (Å²) >= 11 is 0. The minimum Gasteiger partial charge on any atom is -0.497 e. The summed E-state index contributed by atoms with van der Waals surface area (Å²) in [6.07, 6.45) is 12.4. The molecule has 5 atom stereocenters. The number of aliphatic hydroxyl groups excluding tert-OH is 1. The minimum atomic E-state index is -2.01. The molecule has 37 heavy (non-hydrogen) atoms. The largest absolute Gasteiger partial charge is 0.497 e. The van der Waals surface area contributed by atoms with Crippen molar-refractivity contribution in [2.24, 2.45) is 23.7 Å². The molecule has 0 aromatic heterocycles. The van der Waals surface area contributed by atoms with Crippen molar-refractivity contribution < 1.29 is 23.8 Å². The number of terminal acetylenes is 1. The van der Waals surface area contributed by atoms with Crippen LogP contribution in [0.4, 0.5) is 0 Å². The Balaban J connectivity index is 2.48. The Morgan fingerprint density at radius 3 is 2.41 bits per heavy atom. The molecule has 1 aliphatic carbocycles. The van der Waals surface area contributed by atoms with E-state index in [1.807, 2.05) is 37.3 Å². The molecule has 0 amide bonds. The van der Waals surface area contributed by atoms with Crippen LogP contribution in [0.25, 0.3) is 0 Å². The number of methoxy groups -OCH3 is 1. The average Bonchev–Trinajstić information content (AvgIpc) is 2.85. The predicted molar refractivity (Wildman–Crippen MR) is 153 cm³/mol. The van der Waals surface area contributed by atoms with Crippen LogP contribution in [-0.2, 0) is 20.6 Å². The van der Waals surface area contributed by atoms with Gasteiger partial charge in [0.05, 0.1) is 26.4 Å². The molecule has 1 N–H and O–H groups in total. The van der Waals surface area contributed by atoms with E-state index in [0.717, 1.165) is 24.0 Å². The fourth-order valence-corrected chi connectivity index (χ4v) is 6.80. The summed E-state index contributed by atoms with van der Waals surface area (Å²) in [7, 11) is -0.362. The zero-order valence-electron chi connectivity index (χ0n) is 23.9. The first-order chi connectivity index (χ1) is 17.4. The first-order valence-corrected chi connectivity index (χ1v) is 16.6. The molecule has 0 heterocycles. The molecule has 1 aliphatic rings. The second-order valence-electron chi connectivity index (χ2n) is 11.6. The third kappa shape index (κ3) is 8.68. The quantitative estimate of drug-likeness (QED) is 0.109. The van der Waals surface area contributed by atoms with Gasteiger partial charge in [-0.3, -0.25) is 4.79 Å². The summed E-state index contributed by atoms with van der Waals surface area (Å²) in [4.78, 5) is 11.6. The molecule has 5 nitrogen and oxygen atoms in total. The Kier molecular flexibility index (Phi) is 11.4. The lowest BCUT2D eigenvalue weighted by molar-refractivity contribution is -0.105. The standard InChI is InChI=1S/C31H46O5Si/c1-10-31(5,36-37(7,8)9)30(35-21-24-12-14-26(34-6)15-13-24)18-28-23(4)11-16-27(22(2)3)29(28)17-25(19-32)20-33/h1,11-15,17,19,22,27-30,33H,16,18,20-21H2,2-9H3/b25-17-/t27-,28+,29-,30+,31+/m1/s1. The van der Waals surface area contributed by atoms with Crippen LogP contribution >= 0.6 is 0 Å². The van der Waals surface area contributed by atoms with Crippen molar-refractivity contribution in [3.63, 3.8) is 0 Å². The number of hydrogen-bond donors (Lipinski definition) is 1. The second kappa shape index (κ2) is 13.6. The fraction of sp³-hybridized carbons (Fsp3) is 0.581. The lowest BCUT2D eigenvalue weighted by atomic mass is 9.65. The van der Waals surface area contributed by atoms with Crippen LogP contribution in [0.2, 0.25) is 19.6 Å². The van der Waals surface area contributed by atoms with E-state index >= 15 is 0 Å². The highest BCUT2D eigenvalue weighted by Gasteiger charge is 2.43. The van der Waals surface area contributed by atoms with Crippen LogP contribution in [0.3, 0.4) is 0 Å². The van der Waals surface area contributed by atoms with Crippen LogP contribution in [0.15, 0.2) is 47.6 Å². The van der Waals surface area contributed by atoms with Gasteiger partial charge in [0.15, 0.2) is 8.32 Å². The number of carbonyl (C=O) groups is 1. The van der Waals surface area contributed by atoms with E-state index < -0.39 is 13.9 Å². The van der Waals surface area contributed by atoms with Crippen LogP contribution in [0, 0.1) is 36.0 Å². The monoisotopic (exact) mass is 526 g/mol. The first-order valence-electron chi connectivity index (χ1n) is 13.2. The Morgan fingerprint density at radius 2 is 1.92 bits per heavy atom. The third-order valence-electron chi connectivity index (χ3n) is 7.35. The van der Waals surface area contributed by atoms with Gasteiger partial charge in [0.1, 0.15) is 17.6 Å². The van der Waals surface area contributed by atoms with E-state index in [4.69, 9.17) is 20.3 Å². The highest BCUT2D eigenvalue weighted by atomic mass is 28.4. The highest BCUT2D eigenvalue weighted by molar-refractivity contribution is 6.69. The van der Waals surface area contributed by atoms with Crippen molar-refractivity contribution in [2.75, 3.05) is 13.7 Å². The molecule has 0 fully saturated rings. The smallest absolute Gasteiger partial charge is 0.185 e. The van der Waals surface area contributed by atoms with Crippen molar-refractivity contribution in [2.45, 2.75) is 78.5 Å². The zero-order valence-corrected chi connectivity index (χ0v) is 24.9. The molecule has 0 bridgehead atoms. The number of rotatable bonds is 13. The number of aldehydes is 1. The van der Waals surface area contributed by atoms with Crippen LogP contribution in [0.1, 0.15) is 46.1 Å². The first kappa shape index (κ1) is 31.0. The van der Waals surface area contributed by atoms with Gasteiger partial charge in [-0.25, -0.2) is 0 Å². The van der Waals surface area contributed by atoms with E-state index in [-0.39, 0.29) is 24.5 Å². The summed E-state index contributed by atoms with van der Waals surface area (Å²) in [5, 5.41) is 9.77. The molecule has 1 aromatic rings. The van der Waals surface area contributed by atoms with E-state index in [1.165, 1.54) is 5.57 Å². The summed E-state index contributed by atoms with van der Waals surface area (Å²) in [6.45, 7) is 15.1. The maximum Gasteiger partial charge on any atom is 0.185 e. The lowest BCUT2D eigenvalue weighted by Crippen LogP contribution is -2.50. The van der Waals surface area contributed by atoms with Gasteiger partial charge >= 0.3 is 0 Å². The van der Waals surface area contributed by atoms with Gasteiger partial charge in [0.2, 0.25) is 0 Å². The molecular formula is C31H46O5Si. The summed E-state index contributed by atoms with van der Waals surface area (Å²) in [6, 6.07) is 7.83. The zero-order chi connectivity index (χ0) is 27.8. The van der Waals surface area contributed by atoms with Gasteiger partial charge in [-0.1, -0.05) is 49.6 Å². The molecular weight excluding hydrogens is 480 g/mol. The van der Waals surface area contributed by atoms with Crippen LogP contribution in [-0.4, -0.2) is 45.1 Å². The Hall–Kier alpha value is -2.17. The second-order valence-corrected chi connectivity index (χ2v) is 16.1. The van der Waals surface area contributed by atoms with Gasteiger partial charge in [-0.2, -0.15) is 0 Å². The van der Waals surface area contributed by atoms with Crippen molar-refractivity contribution >= 4 is 14.6 Å². The molecule has 204 valence electrons. The fourth-order valence-electron chi connectivity index (χ4n) is 5.33. The number of allylic oxidation sites excluding steroid dienone is 3. The molecule has 0 spiro atoms. The van der Waals surface area contributed by atoms with Crippen molar-refractivity contribution in [1.82, 2.24) is 0 Å². The predicted octanol–water partition coefficient (Wildman–Crippen LogP) is 6.19. The van der Waals surface area contributed by atoms with E-state index in [2.05, 4.69) is 52.4 Å². The maximum atomic E-state index is 11.6. The third-order valence-corrected chi connectivity index (χ3v) is 8.39. The number of hydrogen-bond acceptors (Lipinski definition) is 5. The maximum absolute atomic E-state index is 11.6. The van der Waals surface area contributed by atoms with E-state index in [1.54, 1.807) is 7.11 Å². The number of benzene rings is 1. The normalized spacial score (nSPS) is 23.1.